The highest BCUT2D eigenvalue weighted by molar-refractivity contribution is 7.89. The Labute approximate surface area is 102 Å². The Kier molecular flexibility index (Phi) is 4.29. The van der Waals surface area contributed by atoms with Crippen LogP contribution >= 0.6 is 0 Å². The van der Waals surface area contributed by atoms with E-state index in [-0.39, 0.29) is 4.90 Å². The zero-order chi connectivity index (χ0) is 12.9. The molecule has 0 heterocycles. The van der Waals surface area contributed by atoms with Crippen molar-refractivity contribution >= 4 is 10.0 Å². The smallest absolute Gasteiger partial charge is 0.261 e. The lowest BCUT2D eigenvalue weighted by Crippen LogP contribution is -2.21. The molecule has 3 nitrogen and oxygen atoms in total. The molecule has 1 aromatic rings. The lowest BCUT2D eigenvalue weighted by atomic mass is 10.2. The van der Waals surface area contributed by atoms with Crippen molar-refractivity contribution in [3.8, 4) is 0 Å². The van der Waals surface area contributed by atoms with Gasteiger partial charge in [0.05, 0.1) is 4.90 Å². The van der Waals surface area contributed by atoms with E-state index in [0.29, 0.717) is 5.70 Å². The molecule has 0 amide bonds. The molecule has 0 spiro atoms. The summed E-state index contributed by atoms with van der Waals surface area (Å²) >= 11 is 0. The summed E-state index contributed by atoms with van der Waals surface area (Å²) in [6.45, 7) is 8.99. The third-order valence-corrected chi connectivity index (χ3v) is 3.45. The molecule has 0 saturated heterocycles. The van der Waals surface area contributed by atoms with Crippen LogP contribution in [0.5, 0.6) is 0 Å². The van der Waals surface area contributed by atoms with Crippen molar-refractivity contribution in [2.45, 2.75) is 11.8 Å². The van der Waals surface area contributed by atoms with Crippen LogP contribution in [0, 0.1) is 6.92 Å². The zero-order valence-corrected chi connectivity index (χ0v) is 10.5. The van der Waals surface area contributed by atoms with Gasteiger partial charge in [-0.05, 0) is 25.1 Å². The van der Waals surface area contributed by atoms with Crippen LogP contribution in [-0.4, -0.2) is 8.42 Å². The maximum absolute atomic E-state index is 11.9. The van der Waals surface area contributed by atoms with Gasteiger partial charge in [-0.25, -0.2) is 8.42 Å². The van der Waals surface area contributed by atoms with Gasteiger partial charge in [0, 0.05) is 5.70 Å². The molecular weight excluding hydrogens is 234 g/mol. The molecule has 1 rings (SSSR count). The van der Waals surface area contributed by atoms with E-state index in [4.69, 9.17) is 0 Å². The lowest BCUT2D eigenvalue weighted by molar-refractivity contribution is 0.589. The van der Waals surface area contributed by atoms with E-state index >= 15 is 0 Å². The molecular formula is C13H15NO2S. The van der Waals surface area contributed by atoms with Crippen LogP contribution in [0.2, 0.25) is 0 Å². The number of hydrogen-bond acceptors (Lipinski definition) is 2. The van der Waals surface area contributed by atoms with E-state index in [2.05, 4.69) is 17.9 Å². The van der Waals surface area contributed by atoms with Crippen LogP contribution in [0.3, 0.4) is 0 Å². The van der Waals surface area contributed by atoms with Crippen molar-refractivity contribution in [1.82, 2.24) is 4.72 Å². The molecule has 0 aromatic heterocycles. The molecule has 0 bridgehead atoms. The molecule has 0 aliphatic rings. The summed E-state index contributed by atoms with van der Waals surface area (Å²) in [5.74, 6) is 0. The summed E-state index contributed by atoms with van der Waals surface area (Å²) in [7, 11) is -3.54. The average Bonchev–Trinajstić information content (AvgIpc) is 2.26. The minimum absolute atomic E-state index is 0.219. The van der Waals surface area contributed by atoms with Gasteiger partial charge in [-0.2, -0.15) is 0 Å². The second kappa shape index (κ2) is 5.50. The van der Waals surface area contributed by atoms with E-state index in [9.17, 15) is 8.42 Å². The number of allylic oxidation sites excluding steroid dienone is 3. The number of rotatable bonds is 5. The van der Waals surface area contributed by atoms with Crippen LogP contribution in [0.25, 0.3) is 0 Å². The van der Waals surface area contributed by atoms with E-state index in [0.717, 1.165) is 5.56 Å². The number of hydrogen-bond donors (Lipinski definition) is 1. The first-order valence-electron chi connectivity index (χ1n) is 5.03. The average molecular weight is 249 g/mol. The van der Waals surface area contributed by atoms with E-state index in [1.807, 2.05) is 6.92 Å². The van der Waals surface area contributed by atoms with Crippen LogP contribution in [0.15, 0.2) is 66.2 Å². The Morgan fingerprint density at radius 1 is 1.29 bits per heavy atom. The fraction of sp³-hybridized carbons (Fsp3) is 0.0769. The maximum atomic E-state index is 11.9. The highest BCUT2D eigenvalue weighted by Crippen LogP contribution is 2.11. The molecule has 1 aromatic carbocycles. The quantitative estimate of drug-likeness (QED) is 0.815. The van der Waals surface area contributed by atoms with Gasteiger partial charge in [0.2, 0.25) is 0 Å². The first-order valence-corrected chi connectivity index (χ1v) is 6.51. The molecule has 4 heteroatoms. The predicted octanol–water partition coefficient (Wildman–Crippen LogP) is 2.53. The summed E-state index contributed by atoms with van der Waals surface area (Å²) in [6.07, 6.45) is 4.70. The zero-order valence-electron chi connectivity index (χ0n) is 9.68. The highest BCUT2D eigenvalue weighted by atomic mass is 32.2. The summed E-state index contributed by atoms with van der Waals surface area (Å²) in [5, 5.41) is 0. The molecule has 0 unspecified atom stereocenters. The van der Waals surface area contributed by atoms with Gasteiger partial charge in [-0.1, -0.05) is 43.0 Å². The highest BCUT2D eigenvalue weighted by Gasteiger charge is 2.12. The van der Waals surface area contributed by atoms with Crippen molar-refractivity contribution in [2.24, 2.45) is 0 Å². The normalized spacial score (nSPS) is 11.4. The number of benzene rings is 1. The van der Waals surface area contributed by atoms with E-state index < -0.39 is 10.0 Å². The summed E-state index contributed by atoms with van der Waals surface area (Å²) in [6, 6.07) is 6.61. The molecule has 0 aliphatic heterocycles. The first-order chi connectivity index (χ1) is 7.95. The van der Waals surface area contributed by atoms with Gasteiger partial charge in [0.25, 0.3) is 10.0 Å². The Hall–Kier alpha value is -1.81. The second-order valence-electron chi connectivity index (χ2n) is 3.54. The number of nitrogens with one attached hydrogen (secondary N) is 1. The van der Waals surface area contributed by atoms with Gasteiger partial charge >= 0.3 is 0 Å². The maximum Gasteiger partial charge on any atom is 0.261 e. The largest absolute Gasteiger partial charge is 0.280 e. The van der Waals surface area contributed by atoms with Crippen molar-refractivity contribution in [2.75, 3.05) is 0 Å². The van der Waals surface area contributed by atoms with Crippen LogP contribution in [0.1, 0.15) is 5.56 Å². The topological polar surface area (TPSA) is 46.2 Å². The Morgan fingerprint density at radius 2 is 1.88 bits per heavy atom. The molecule has 0 saturated carbocycles. The Bertz CT molecular complexity index is 539. The fourth-order valence-corrected chi connectivity index (χ4v) is 2.19. The van der Waals surface area contributed by atoms with Gasteiger partial charge in [-0.15, -0.1) is 0 Å². The minimum atomic E-state index is -3.54. The molecule has 0 fully saturated rings. The third kappa shape index (κ3) is 3.92. The molecule has 0 aliphatic carbocycles. The van der Waals surface area contributed by atoms with E-state index in [1.54, 1.807) is 42.5 Å². The summed E-state index contributed by atoms with van der Waals surface area (Å²) < 4.78 is 26.1. The molecule has 17 heavy (non-hydrogen) atoms. The predicted molar refractivity (Wildman–Crippen MR) is 70.0 cm³/mol. The van der Waals surface area contributed by atoms with Crippen molar-refractivity contribution in [3.63, 3.8) is 0 Å². The lowest BCUT2D eigenvalue weighted by Gasteiger charge is -2.07. The molecule has 90 valence electrons. The summed E-state index contributed by atoms with van der Waals surface area (Å²) in [4.78, 5) is 0.219. The Balaban J connectivity index is 2.89. The van der Waals surface area contributed by atoms with Gasteiger partial charge in [0.15, 0.2) is 0 Å². The molecule has 0 radical (unpaired) electrons. The van der Waals surface area contributed by atoms with Crippen LogP contribution in [0.4, 0.5) is 0 Å². The van der Waals surface area contributed by atoms with Crippen molar-refractivity contribution in [1.29, 1.82) is 0 Å². The van der Waals surface area contributed by atoms with Gasteiger partial charge in [-0.3, -0.25) is 4.72 Å². The van der Waals surface area contributed by atoms with Gasteiger partial charge < -0.3 is 0 Å². The summed E-state index contributed by atoms with van der Waals surface area (Å²) in [5.41, 5.74) is 1.31. The first kappa shape index (κ1) is 13.3. The minimum Gasteiger partial charge on any atom is -0.280 e. The number of sulfonamides is 1. The van der Waals surface area contributed by atoms with E-state index in [1.165, 1.54) is 0 Å². The SMILES string of the molecule is C=C/C=C\C(=C)NS(=O)(=O)c1ccc(C)cc1. The van der Waals surface area contributed by atoms with Crippen molar-refractivity contribution < 1.29 is 8.42 Å². The fourth-order valence-electron chi connectivity index (χ4n) is 1.17. The van der Waals surface area contributed by atoms with Crippen molar-refractivity contribution in [3.05, 3.63) is 66.9 Å². The van der Waals surface area contributed by atoms with Gasteiger partial charge in [0.1, 0.15) is 0 Å². The van der Waals surface area contributed by atoms with Crippen LogP contribution in [-0.2, 0) is 10.0 Å². The second-order valence-corrected chi connectivity index (χ2v) is 5.22. The monoisotopic (exact) mass is 249 g/mol. The molecule has 0 atom stereocenters. The Morgan fingerprint density at radius 3 is 2.41 bits per heavy atom. The number of aryl methyl sites for hydroxylation is 1. The standard InChI is InChI=1S/C13H15NO2S/c1-4-5-6-12(3)14-17(15,16)13-9-7-11(2)8-10-13/h4-10,14H,1,3H2,2H3/b6-5-. The third-order valence-electron chi connectivity index (χ3n) is 2.03. The molecule has 1 N–H and O–H groups in total. The van der Waals surface area contributed by atoms with Crippen LogP contribution < -0.4 is 4.72 Å².